The molecule has 4 aromatic rings. The molecular formula is C33H32Cl2F3N7O. The SMILES string of the molecule is Cc1cc(-c2ccc3c(c2)CCC3N2CCC(N(C)C(=O)N[C@H](c3ccc(-c4cnccn4)c(Cl)c3Cl)C(F)(F)F)CC2)ncn1. The van der Waals surface area contributed by atoms with Crippen LogP contribution in [0.2, 0.25) is 10.0 Å². The molecule has 2 aromatic heterocycles. The Morgan fingerprint density at radius 3 is 2.48 bits per heavy atom. The largest absolute Gasteiger partial charge is 0.412 e. The maximum absolute atomic E-state index is 14.3. The van der Waals surface area contributed by atoms with Crippen LogP contribution in [0.3, 0.4) is 0 Å². The number of piperidine rings is 1. The number of aromatic nitrogens is 4. The number of benzene rings is 2. The summed E-state index contributed by atoms with van der Waals surface area (Å²) in [5.41, 5.74) is 5.85. The van der Waals surface area contributed by atoms with Crippen LogP contribution in [0, 0.1) is 6.92 Å². The predicted molar refractivity (Wildman–Crippen MR) is 170 cm³/mol. The minimum atomic E-state index is -4.82. The molecule has 1 unspecified atom stereocenters. The number of nitrogens with one attached hydrogen (secondary N) is 1. The standard InChI is InChI=1S/C33H32Cl2F3N7O/c1-19-15-26(42-18-41-19)21-3-5-23-20(16-21)4-8-28(23)45-13-9-22(10-14-45)44(2)32(46)43-31(33(36,37)38)25-7-6-24(29(34)30(25)35)27-17-39-11-12-40-27/h3,5-7,11-12,15-18,22,28,31H,4,8-10,13-14H2,1-2H3,(H,43,46)/t28?,31-/m1/s1. The van der Waals surface area contributed by atoms with Gasteiger partial charge in [0.25, 0.3) is 0 Å². The van der Waals surface area contributed by atoms with Gasteiger partial charge in [-0.15, -0.1) is 0 Å². The smallest absolute Gasteiger partial charge is 0.325 e. The van der Waals surface area contributed by atoms with Crippen molar-refractivity contribution in [3.05, 3.63) is 93.7 Å². The Kier molecular flexibility index (Phi) is 9.18. The fraction of sp³-hybridized carbons (Fsp3) is 0.364. The van der Waals surface area contributed by atoms with Crippen molar-refractivity contribution in [2.24, 2.45) is 0 Å². The van der Waals surface area contributed by atoms with E-state index in [-0.39, 0.29) is 27.7 Å². The highest BCUT2D eigenvalue weighted by Crippen LogP contribution is 2.43. The first-order valence-corrected chi connectivity index (χ1v) is 15.8. The van der Waals surface area contributed by atoms with Crippen molar-refractivity contribution in [2.45, 2.75) is 56.9 Å². The maximum atomic E-state index is 14.3. The minimum Gasteiger partial charge on any atom is -0.325 e. The number of amides is 2. The Bertz CT molecular complexity index is 1730. The number of rotatable bonds is 6. The third-order valence-corrected chi connectivity index (χ3v) is 9.85. The normalized spacial score (nSPS) is 17.8. The second kappa shape index (κ2) is 13.1. The van der Waals surface area contributed by atoms with Crippen molar-refractivity contribution in [3.63, 3.8) is 0 Å². The van der Waals surface area contributed by atoms with Crippen LogP contribution in [0.25, 0.3) is 22.5 Å². The number of halogens is 5. The van der Waals surface area contributed by atoms with Crippen LogP contribution in [0.5, 0.6) is 0 Å². The number of urea groups is 1. The molecule has 0 spiro atoms. The number of aryl methyl sites for hydroxylation is 2. The van der Waals surface area contributed by atoms with Gasteiger partial charge in [0.05, 0.1) is 27.6 Å². The molecule has 1 aliphatic carbocycles. The number of hydrogen-bond donors (Lipinski definition) is 1. The summed E-state index contributed by atoms with van der Waals surface area (Å²) >= 11 is 12.8. The highest BCUT2D eigenvalue weighted by atomic mass is 35.5. The lowest BCUT2D eigenvalue weighted by Gasteiger charge is -2.40. The van der Waals surface area contributed by atoms with E-state index in [1.54, 1.807) is 6.33 Å². The molecule has 1 fully saturated rings. The zero-order valence-electron chi connectivity index (χ0n) is 25.2. The van der Waals surface area contributed by atoms with E-state index < -0.39 is 18.2 Å². The Labute approximate surface area is 275 Å². The van der Waals surface area contributed by atoms with E-state index in [1.807, 2.05) is 13.0 Å². The lowest BCUT2D eigenvalue weighted by molar-refractivity contribution is -0.155. The molecule has 6 rings (SSSR count). The molecule has 13 heteroatoms. The van der Waals surface area contributed by atoms with E-state index in [0.717, 1.165) is 42.9 Å². The molecule has 0 bridgehead atoms. The van der Waals surface area contributed by atoms with Crippen molar-refractivity contribution in [3.8, 4) is 22.5 Å². The minimum absolute atomic E-state index is 0.0993. The predicted octanol–water partition coefficient (Wildman–Crippen LogP) is 7.61. The Balaban J connectivity index is 1.10. The third kappa shape index (κ3) is 6.54. The number of carbonyl (C=O) groups is 1. The van der Waals surface area contributed by atoms with Gasteiger partial charge in [0.2, 0.25) is 0 Å². The van der Waals surface area contributed by atoms with Crippen molar-refractivity contribution in [1.82, 2.24) is 35.1 Å². The van der Waals surface area contributed by atoms with Crippen molar-refractivity contribution >= 4 is 29.2 Å². The summed E-state index contributed by atoms with van der Waals surface area (Å²) in [6.07, 6.45) is 4.35. The average Bonchev–Trinajstić information content (AvgIpc) is 3.48. The molecule has 1 aliphatic heterocycles. The second-order valence-corrected chi connectivity index (χ2v) is 12.5. The number of alkyl halides is 3. The molecular weight excluding hydrogens is 638 g/mol. The van der Waals surface area contributed by atoms with Crippen LogP contribution < -0.4 is 5.32 Å². The zero-order valence-corrected chi connectivity index (χ0v) is 26.7. The Morgan fingerprint density at radius 1 is 1.00 bits per heavy atom. The van der Waals surface area contributed by atoms with Gasteiger partial charge in [0.15, 0.2) is 6.04 Å². The van der Waals surface area contributed by atoms with E-state index in [9.17, 15) is 18.0 Å². The highest BCUT2D eigenvalue weighted by molar-refractivity contribution is 6.44. The quantitative estimate of drug-likeness (QED) is 0.227. The second-order valence-electron chi connectivity index (χ2n) is 11.7. The Morgan fingerprint density at radius 2 is 1.78 bits per heavy atom. The van der Waals surface area contributed by atoms with Gasteiger partial charge in [-0.3, -0.25) is 14.9 Å². The monoisotopic (exact) mass is 669 g/mol. The molecule has 46 heavy (non-hydrogen) atoms. The van der Waals surface area contributed by atoms with E-state index in [2.05, 4.69) is 48.4 Å². The van der Waals surface area contributed by atoms with Crippen molar-refractivity contribution < 1.29 is 18.0 Å². The summed E-state index contributed by atoms with van der Waals surface area (Å²) in [6.45, 7) is 3.40. The summed E-state index contributed by atoms with van der Waals surface area (Å²) in [7, 11) is 1.54. The fourth-order valence-electron chi connectivity index (χ4n) is 6.48. The molecule has 3 heterocycles. The molecule has 0 radical (unpaired) electrons. The number of fused-ring (bicyclic) bond motifs is 1. The fourth-order valence-corrected chi connectivity index (χ4v) is 7.02. The molecule has 2 amide bonds. The first kappa shape index (κ1) is 32.2. The van der Waals surface area contributed by atoms with Gasteiger partial charge in [-0.2, -0.15) is 13.2 Å². The number of hydrogen-bond acceptors (Lipinski definition) is 6. The van der Waals surface area contributed by atoms with Crippen LogP contribution in [0.4, 0.5) is 18.0 Å². The first-order valence-electron chi connectivity index (χ1n) is 15.0. The van der Waals surface area contributed by atoms with E-state index in [0.29, 0.717) is 24.1 Å². The zero-order chi connectivity index (χ0) is 32.6. The van der Waals surface area contributed by atoms with E-state index in [4.69, 9.17) is 23.2 Å². The summed E-state index contributed by atoms with van der Waals surface area (Å²) in [6, 6.07) is 7.95. The van der Waals surface area contributed by atoms with E-state index in [1.165, 1.54) is 53.8 Å². The van der Waals surface area contributed by atoms with Gasteiger partial charge in [0.1, 0.15) is 6.33 Å². The summed E-state index contributed by atoms with van der Waals surface area (Å²) in [5, 5.41) is 1.76. The molecule has 1 N–H and O–H groups in total. The van der Waals surface area contributed by atoms with Gasteiger partial charge >= 0.3 is 12.2 Å². The summed E-state index contributed by atoms with van der Waals surface area (Å²) in [5.74, 6) is 0. The average molecular weight is 671 g/mol. The number of likely N-dealkylation sites (tertiary alicyclic amines) is 1. The highest BCUT2D eigenvalue weighted by Gasteiger charge is 2.44. The topological polar surface area (TPSA) is 87.1 Å². The molecule has 2 aromatic carbocycles. The van der Waals surface area contributed by atoms with Crippen LogP contribution in [-0.4, -0.2) is 68.1 Å². The van der Waals surface area contributed by atoms with Gasteiger partial charge < -0.3 is 10.2 Å². The molecule has 2 aliphatic rings. The van der Waals surface area contributed by atoms with Gasteiger partial charge in [-0.05, 0) is 55.9 Å². The van der Waals surface area contributed by atoms with Crippen LogP contribution in [0.15, 0.2) is 61.3 Å². The number of carbonyl (C=O) groups excluding carboxylic acids is 1. The molecule has 8 nitrogen and oxygen atoms in total. The first-order chi connectivity index (χ1) is 22.0. The van der Waals surface area contributed by atoms with Crippen molar-refractivity contribution in [1.29, 1.82) is 0 Å². The Hall–Kier alpha value is -3.80. The van der Waals surface area contributed by atoms with Crippen LogP contribution in [-0.2, 0) is 6.42 Å². The lowest BCUT2D eigenvalue weighted by Crippen LogP contribution is -2.51. The lowest BCUT2D eigenvalue weighted by atomic mass is 9.98. The summed E-state index contributed by atoms with van der Waals surface area (Å²) in [4.78, 5) is 33.7. The summed E-state index contributed by atoms with van der Waals surface area (Å²) < 4.78 is 43.0. The molecule has 240 valence electrons. The van der Waals surface area contributed by atoms with Crippen LogP contribution >= 0.6 is 23.2 Å². The van der Waals surface area contributed by atoms with Gasteiger partial charge in [-0.1, -0.05) is 47.5 Å². The van der Waals surface area contributed by atoms with Gasteiger partial charge in [-0.25, -0.2) is 14.8 Å². The molecule has 2 atom stereocenters. The number of nitrogens with zero attached hydrogens (tertiary/aromatic N) is 6. The van der Waals surface area contributed by atoms with Crippen LogP contribution in [0.1, 0.15) is 53.7 Å². The molecule has 0 saturated carbocycles. The van der Waals surface area contributed by atoms with Gasteiger partial charge in [0, 0.05) is 67.0 Å². The molecule has 1 saturated heterocycles. The van der Waals surface area contributed by atoms with Crippen molar-refractivity contribution in [2.75, 3.05) is 20.1 Å². The third-order valence-electron chi connectivity index (χ3n) is 8.95. The van der Waals surface area contributed by atoms with E-state index >= 15 is 0 Å². The maximum Gasteiger partial charge on any atom is 0.412 e.